The highest BCUT2D eigenvalue weighted by Crippen LogP contribution is 2.38. The lowest BCUT2D eigenvalue weighted by Gasteiger charge is -2.38. The molecule has 0 saturated carbocycles. The lowest BCUT2D eigenvalue weighted by Crippen LogP contribution is -2.51. The number of ether oxygens (including phenoxy) is 1. The van der Waals surface area contributed by atoms with Gasteiger partial charge in [0.05, 0.1) is 0 Å². The minimum Gasteiger partial charge on any atom is -0.406 e. The largest absolute Gasteiger partial charge is 0.573 e. The molecule has 0 spiro atoms. The van der Waals surface area contributed by atoms with Crippen LogP contribution in [0.3, 0.4) is 0 Å². The number of nitrogens with one attached hydrogen (secondary N) is 1. The zero-order chi connectivity index (χ0) is 17.1. The Bertz CT molecular complexity index is 524. The second-order valence-corrected chi connectivity index (χ2v) is 5.23. The molecule has 2 N–H and O–H groups in total. The minimum absolute atomic E-state index is 0. The number of nitrogens with zero attached hydrogens (tertiary/aromatic N) is 1. The fourth-order valence-electron chi connectivity index (χ4n) is 2.63. The van der Waals surface area contributed by atoms with Gasteiger partial charge in [-0.3, -0.25) is 4.90 Å². The van der Waals surface area contributed by atoms with Crippen LogP contribution in [0.15, 0.2) is 24.3 Å². The van der Waals surface area contributed by atoms with E-state index in [1.165, 1.54) is 17.0 Å². The van der Waals surface area contributed by atoms with Gasteiger partial charge in [-0.2, -0.15) is 0 Å². The normalized spacial score (nSPS) is 17.9. The highest BCUT2D eigenvalue weighted by atomic mass is 35.5. The van der Waals surface area contributed by atoms with Crippen molar-refractivity contribution >= 4 is 12.4 Å². The molecule has 2 rings (SSSR count). The zero-order valence-electron chi connectivity index (χ0n) is 12.5. The Morgan fingerprint density at radius 2 is 1.79 bits per heavy atom. The molecule has 10 heteroatoms. The molecule has 1 aliphatic rings. The molecule has 0 bridgehead atoms. The smallest absolute Gasteiger partial charge is 0.406 e. The summed E-state index contributed by atoms with van der Waals surface area (Å²) in [6.45, 7) is 0.161. The fourth-order valence-corrected chi connectivity index (χ4v) is 2.63. The predicted octanol–water partition coefficient (Wildman–Crippen LogP) is 2.58. The van der Waals surface area contributed by atoms with E-state index in [0.29, 0.717) is 26.2 Å². The highest BCUT2D eigenvalue weighted by Gasteiger charge is 2.44. The van der Waals surface area contributed by atoms with Gasteiger partial charge in [0, 0.05) is 26.2 Å². The first-order valence-electron chi connectivity index (χ1n) is 7.02. The Kier molecular flexibility index (Phi) is 7.21. The second-order valence-electron chi connectivity index (χ2n) is 5.23. The average molecular weight is 377 g/mol. The van der Waals surface area contributed by atoms with Crippen LogP contribution in [0.5, 0.6) is 5.75 Å². The molecule has 1 saturated heterocycles. The molecule has 1 fully saturated rings. The van der Waals surface area contributed by atoms with Gasteiger partial charge in [0.25, 0.3) is 5.92 Å². The van der Waals surface area contributed by atoms with Crippen molar-refractivity contribution in [3.63, 3.8) is 0 Å². The quantitative estimate of drug-likeness (QED) is 0.775. The number of hydrogen-bond acceptors (Lipinski definition) is 4. The molecule has 0 aliphatic carbocycles. The van der Waals surface area contributed by atoms with E-state index < -0.39 is 30.7 Å². The lowest BCUT2D eigenvalue weighted by atomic mass is 9.98. The third-order valence-corrected chi connectivity index (χ3v) is 3.54. The van der Waals surface area contributed by atoms with Crippen LogP contribution in [0.1, 0.15) is 11.6 Å². The van der Waals surface area contributed by atoms with E-state index in [4.69, 9.17) is 5.11 Å². The zero-order valence-corrected chi connectivity index (χ0v) is 13.3. The van der Waals surface area contributed by atoms with Crippen LogP contribution in [-0.4, -0.2) is 55.1 Å². The monoisotopic (exact) mass is 376 g/mol. The molecule has 1 heterocycles. The van der Waals surface area contributed by atoms with Gasteiger partial charge < -0.3 is 15.2 Å². The van der Waals surface area contributed by atoms with Gasteiger partial charge in [0.2, 0.25) is 0 Å². The van der Waals surface area contributed by atoms with Crippen molar-refractivity contribution in [2.45, 2.75) is 18.3 Å². The molecule has 0 radical (unpaired) electrons. The van der Waals surface area contributed by atoms with E-state index in [9.17, 15) is 22.0 Å². The molecule has 4 nitrogen and oxygen atoms in total. The summed E-state index contributed by atoms with van der Waals surface area (Å²) in [5, 5.41) is 12.0. The van der Waals surface area contributed by atoms with Gasteiger partial charge in [-0.1, -0.05) is 12.1 Å². The van der Waals surface area contributed by atoms with Crippen LogP contribution < -0.4 is 10.1 Å². The molecule has 24 heavy (non-hydrogen) atoms. The van der Waals surface area contributed by atoms with Crippen molar-refractivity contribution in [3.05, 3.63) is 29.8 Å². The predicted molar refractivity (Wildman–Crippen MR) is 79.6 cm³/mol. The molecule has 0 amide bonds. The first kappa shape index (κ1) is 20.9. The van der Waals surface area contributed by atoms with Crippen LogP contribution in [0.4, 0.5) is 22.0 Å². The topological polar surface area (TPSA) is 44.7 Å². The SMILES string of the molecule is Cl.OCC(F)(F)[C@H](c1cccc(OC(F)(F)F)c1)N1CCNCC1. The van der Waals surface area contributed by atoms with Crippen LogP contribution in [0.2, 0.25) is 0 Å². The third-order valence-electron chi connectivity index (χ3n) is 3.54. The van der Waals surface area contributed by atoms with Crippen LogP contribution in [0, 0.1) is 0 Å². The number of piperazine rings is 1. The second kappa shape index (κ2) is 8.28. The minimum atomic E-state index is -4.90. The number of benzene rings is 1. The first-order chi connectivity index (χ1) is 10.7. The fraction of sp³-hybridized carbons (Fsp3) is 0.571. The molecule has 138 valence electrons. The Hall–Kier alpha value is -1.16. The third kappa shape index (κ3) is 5.44. The Labute approximate surface area is 142 Å². The van der Waals surface area contributed by atoms with Crippen molar-refractivity contribution in [3.8, 4) is 5.75 Å². The molecular weight excluding hydrogens is 359 g/mol. The number of aliphatic hydroxyl groups excluding tert-OH is 1. The molecule has 0 unspecified atom stereocenters. The lowest BCUT2D eigenvalue weighted by molar-refractivity contribution is -0.274. The summed E-state index contributed by atoms with van der Waals surface area (Å²) < 4.78 is 69.1. The molecule has 1 aliphatic heterocycles. The van der Waals surface area contributed by atoms with Crippen molar-refractivity contribution in [2.75, 3.05) is 32.8 Å². The van der Waals surface area contributed by atoms with E-state index in [0.717, 1.165) is 12.1 Å². The summed E-state index contributed by atoms with van der Waals surface area (Å²) in [7, 11) is 0. The number of alkyl halides is 5. The van der Waals surface area contributed by atoms with E-state index in [1.54, 1.807) is 0 Å². The van der Waals surface area contributed by atoms with Crippen LogP contribution in [0.25, 0.3) is 0 Å². The summed E-state index contributed by atoms with van der Waals surface area (Å²) in [6.07, 6.45) is -4.90. The van der Waals surface area contributed by atoms with Crippen molar-refractivity contribution in [1.29, 1.82) is 0 Å². The van der Waals surface area contributed by atoms with Gasteiger partial charge in [-0.25, -0.2) is 8.78 Å². The summed E-state index contributed by atoms with van der Waals surface area (Å²) in [6, 6.07) is 2.98. The number of rotatable bonds is 5. The molecule has 1 atom stereocenters. The van der Waals surface area contributed by atoms with Gasteiger partial charge in [0.15, 0.2) is 0 Å². The van der Waals surface area contributed by atoms with Crippen LogP contribution in [-0.2, 0) is 0 Å². The summed E-state index contributed by atoms with van der Waals surface area (Å²) in [5.41, 5.74) is -0.0345. The Morgan fingerprint density at radius 1 is 1.17 bits per heavy atom. The van der Waals surface area contributed by atoms with E-state index in [-0.39, 0.29) is 18.0 Å². The summed E-state index contributed by atoms with van der Waals surface area (Å²) in [5.74, 6) is -4.06. The maximum absolute atomic E-state index is 14.2. The molecule has 1 aromatic carbocycles. The Morgan fingerprint density at radius 3 is 2.33 bits per heavy atom. The molecular formula is C14H18ClF5N2O2. The van der Waals surface area contributed by atoms with Gasteiger partial charge in [-0.15, -0.1) is 25.6 Å². The van der Waals surface area contributed by atoms with Gasteiger partial charge >= 0.3 is 6.36 Å². The van der Waals surface area contributed by atoms with E-state index >= 15 is 0 Å². The number of halogens is 6. The maximum Gasteiger partial charge on any atom is 0.573 e. The number of aliphatic hydroxyl groups is 1. The van der Waals surface area contributed by atoms with Crippen LogP contribution >= 0.6 is 12.4 Å². The van der Waals surface area contributed by atoms with Crippen molar-refractivity contribution < 1.29 is 31.8 Å². The summed E-state index contributed by atoms with van der Waals surface area (Å²) >= 11 is 0. The standard InChI is InChI=1S/C14H17F5N2O2.ClH/c15-13(16,9-22)12(21-6-4-20-5-7-21)10-2-1-3-11(8-10)23-14(17,18)19;/h1-3,8,12,20,22H,4-7,9H2;1H/t12-;/m0./s1. The van der Waals surface area contributed by atoms with Crippen molar-refractivity contribution in [1.82, 2.24) is 10.2 Å². The highest BCUT2D eigenvalue weighted by molar-refractivity contribution is 5.85. The van der Waals surface area contributed by atoms with Gasteiger partial charge in [-0.05, 0) is 17.7 Å². The molecule has 0 aromatic heterocycles. The average Bonchev–Trinajstić information content (AvgIpc) is 2.47. The van der Waals surface area contributed by atoms with Crippen molar-refractivity contribution in [2.24, 2.45) is 0 Å². The van der Waals surface area contributed by atoms with E-state index in [1.807, 2.05) is 0 Å². The van der Waals surface area contributed by atoms with E-state index in [2.05, 4.69) is 10.1 Å². The Balaban J connectivity index is 0.00000288. The number of hydrogen-bond donors (Lipinski definition) is 2. The van der Waals surface area contributed by atoms with Gasteiger partial charge in [0.1, 0.15) is 18.4 Å². The summed E-state index contributed by atoms with van der Waals surface area (Å²) in [4.78, 5) is 1.44. The first-order valence-corrected chi connectivity index (χ1v) is 7.02. The maximum atomic E-state index is 14.2. The molecule has 1 aromatic rings.